The van der Waals surface area contributed by atoms with E-state index in [-0.39, 0.29) is 12.1 Å². The molecule has 0 bridgehead atoms. The van der Waals surface area contributed by atoms with Crippen molar-refractivity contribution in [3.63, 3.8) is 0 Å². The zero-order valence-electron chi connectivity index (χ0n) is 13.5. The average molecular weight is 324 g/mol. The van der Waals surface area contributed by atoms with E-state index in [1.807, 2.05) is 12.1 Å². The minimum atomic E-state index is -0.478. The highest BCUT2D eigenvalue weighted by atomic mass is 16.5. The summed E-state index contributed by atoms with van der Waals surface area (Å²) < 4.78 is 4.74. The fourth-order valence-corrected chi connectivity index (χ4v) is 3.10. The Hall–Kier alpha value is -2.82. The number of nitrogens with one attached hydrogen (secondary N) is 2. The Morgan fingerprint density at radius 3 is 2.67 bits per heavy atom. The lowest BCUT2D eigenvalue weighted by Crippen LogP contribution is -2.34. The second-order valence-electron chi connectivity index (χ2n) is 5.78. The molecule has 1 atom stereocenters. The maximum Gasteiger partial charge on any atom is 0.339 e. The van der Waals surface area contributed by atoms with Crippen molar-refractivity contribution in [3.05, 3.63) is 65.2 Å². The van der Waals surface area contributed by atoms with Crippen molar-refractivity contribution < 1.29 is 14.3 Å². The van der Waals surface area contributed by atoms with Gasteiger partial charge in [0.25, 0.3) is 0 Å². The Balaban J connectivity index is 1.73. The van der Waals surface area contributed by atoms with Crippen LogP contribution in [0.5, 0.6) is 0 Å². The van der Waals surface area contributed by atoms with Crippen molar-refractivity contribution in [3.8, 4) is 0 Å². The number of rotatable bonds is 3. The average Bonchev–Trinajstić information content (AvgIpc) is 2.62. The summed E-state index contributed by atoms with van der Waals surface area (Å²) in [6.45, 7) is 0. The molecule has 0 unspecified atom stereocenters. The molecule has 0 aromatic heterocycles. The SMILES string of the molecule is COC(=O)c1ccccc1NC(=O)N[C@H]1CCCc2ccccc21. The summed E-state index contributed by atoms with van der Waals surface area (Å²) in [5.41, 5.74) is 3.22. The number of aryl methyl sites for hydroxylation is 1. The highest BCUT2D eigenvalue weighted by Crippen LogP contribution is 2.29. The number of anilines is 1. The van der Waals surface area contributed by atoms with E-state index in [9.17, 15) is 9.59 Å². The van der Waals surface area contributed by atoms with Crippen LogP contribution in [0, 0.1) is 0 Å². The van der Waals surface area contributed by atoms with Gasteiger partial charge in [0.05, 0.1) is 24.4 Å². The molecule has 0 saturated carbocycles. The smallest absolute Gasteiger partial charge is 0.339 e. The van der Waals surface area contributed by atoms with E-state index in [0.29, 0.717) is 11.3 Å². The van der Waals surface area contributed by atoms with Gasteiger partial charge in [0.1, 0.15) is 0 Å². The standard InChI is InChI=1S/C19H20N2O3/c1-24-18(22)15-10-4-5-11-17(15)21-19(23)20-16-12-6-8-13-7-2-3-9-14(13)16/h2-5,7,9-11,16H,6,8,12H2,1H3,(H2,20,21,23)/t16-/m0/s1. The topological polar surface area (TPSA) is 67.4 Å². The van der Waals surface area contributed by atoms with Gasteiger partial charge in [-0.3, -0.25) is 0 Å². The van der Waals surface area contributed by atoms with Crippen molar-refractivity contribution in [2.75, 3.05) is 12.4 Å². The monoisotopic (exact) mass is 324 g/mol. The van der Waals surface area contributed by atoms with Crippen LogP contribution in [-0.4, -0.2) is 19.1 Å². The fourth-order valence-electron chi connectivity index (χ4n) is 3.10. The normalized spacial score (nSPS) is 16.0. The lowest BCUT2D eigenvalue weighted by Gasteiger charge is -2.26. The number of carbonyl (C=O) groups is 2. The van der Waals surface area contributed by atoms with Crippen LogP contribution < -0.4 is 10.6 Å². The first-order chi connectivity index (χ1) is 11.7. The summed E-state index contributed by atoms with van der Waals surface area (Å²) in [5, 5.41) is 5.76. The van der Waals surface area contributed by atoms with Crippen molar-refractivity contribution in [2.45, 2.75) is 25.3 Å². The van der Waals surface area contributed by atoms with E-state index in [1.54, 1.807) is 24.3 Å². The molecule has 0 saturated heterocycles. The van der Waals surface area contributed by atoms with Gasteiger partial charge in [-0.2, -0.15) is 0 Å². The molecule has 0 heterocycles. The molecule has 5 heteroatoms. The lowest BCUT2D eigenvalue weighted by atomic mass is 9.88. The van der Waals surface area contributed by atoms with Crippen LogP contribution >= 0.6 is 0 Å². The van der Waals surface area contributed by atoms with E-state index in [2.05, 4.69) is 22.8 Å². The number of para-hydroxylation sites is 1. The first-order valence-electron chi connectivity index (χ1n) is 8.01. The van der Waals surface area contributed by atoms with Gasteiger partial charge in [0, 0.05) is 0 Å². The Morgan fingerprint density at radius 2 is 1.83 bits per heavy atom. The fraction of sp³-hybridized carbons (Fsp3) is 0.263. The Kier molecular flexibility index (Phi) is 4.79. The number of esters is 1. The van der Waals surface area contributed by atoms with Crippen LogP contribution in [0.25, 0.3) is 0 Å². The third-order valence-electron chi connectivity index (χ3n) is 4.26. The predicted octanol–water partition coefficient (Wildman–Crippen LogP) is 3.67. The lowest BCUT2D eigenvalue weighted by molar-refractivity contribution is 0.0602. The van der Waals surface area contributed by atoms with Gasteiger partial charge in [0.2, 0.25) is 0 Å². The molecule has 124 valence electrons. The molecule has 0 aliphatic heterocycles. The van der Waals surface area contributed by atoms with Gasteiger partial charge in [-0.25, -0.2) is 9.59 Å². The minimum Gasteiger partial charge on any atom is -0.465 e. The molecule has 3 rings (SSSR count). The van der Waals surface area contributed by atoms with Crippen LogP contribution in [0.15, 0.2) is 48.5 Å². The number of urea groups is 1. The molecule has 24 heavy (non-hydrogen) atoms. The van der Waals surface area contributed by atoms with Crippen LogP contribution in [-0.2, 0) is 11.2 Å². The second kappa shape index (κ2) is 7.17. The Morgan fingerprint density at radius 1 is 1.08 bits per heavy atom. The highest BCUT2D eigenvalue weighted by Gasteiger charge is 2.22. The molecule has 2 N–H and O–H groups in total. The maximum absolute atomic E-state index is 12.4. The summed E-state index contributed by atoms with van der Waals surface area (Å²) in [4.78, 5) is 24.2. The van der Waals surface area contributed by atoms with Gasteiger partial charge < -0.3 is 15.4 Å². The molecule has 0 fully saturated rings. The number of benzene rings is 2. The maximum atomic E-state index is 12.4. The van der Waals surface area contributed by atoms with E-state index in [4.69, 9.17) is 4.74 Å². The van der Waals surface area contributed by atoms with Crippen LogP contribution in [0.2, 0.25) is 0 Å². The van der Waals surface area contributed by atoms with Gasteiger partial charge >= 0.3 is 12.0 Å². The number of hydrogen-bond donors (Lipinski definition) is 2. The quantitative estimate of drug-likeness (QED) is 0.847. The molecule has 2 aromatic rings. The minimum absolute atomic E-state index is 0.0137. The zero-order valence-corrected chi connectivity index (χ0v) is 13.5. The summed E-state index contributed by atoms with van der Waals surface area (Å²) in [5.74, 6) is -0.478. The highest BCUT2D eigenvalue weighted by molar-refractivity contribution is 6.00. The summed E-state index contributed by atoms with van der Waals surface area (Å²) in [6, 6.07) is 14.6. The number of amides is 2. The molecule has 5 nitrogen and oxygen atoms in total. The number of ether oxygens (including phenoxy) is 1. The van der Waals surface area contributed by atoms with Crippen molar-refractivity contribution in [1.82, 2.24) is 5.32 Å². The summed E-state index contributed by atoms with van der Waals surface area (Å²) in [6.07, 6.45) is 2.99. The molecule has 1 aliphatic rings. The van der Waals surface area contributed by atoms with Crippen molar-refractivity contribution in [1.29, 1.82) is 0 Å². The summed E-state index contributed by atoms with van der Waals surface area (Å²) in [7, 11) is 1.32. The molecular weight excluding hydrogens is 304 g/mol. The Labute approximate surface area is 141 Å². The Bertz CT molecular complexity index is 758. The zero-order chi connectivity index (χ0) is 16.9. The van der Waals surface area contributed by atoms with Gasteiger partial charge in [-0.05, 0) is 42.5 Å². The number of methoxy groups -OCH3 is 1. The first-order valence-corrected chi connectivity index (χ1v) is 8.01. The third-order valence-corrected chi connectivity index (χ3v) is 4.26. The van der Waals surface area contributed by atoms with Crippen molar-refractivity contribution in [2.24, 2.45) is 0 Å². The molecule has 2 aromatic carbocycles. The van der Waals surface area contributed by atoms with E-state index < -0.39 is 5.97 Å². The van der Waals surface area contributed by atoms with Crippen LogP contribution in [0.4, 0.5) is 10.5 Å². The second-order valence-corrected chi connectivity index (χ2v) is 5.78. The number of hydrogen-bond acceptors (Lipinski definition) is 3. The first kappa shape index (κ1) is 16.1. The molecule has 2 amide bonds. The third kappa shape index (κ3) is 3.40. The van der Waals surface area contributed by atoms with E-state index in [1.165, 1.54) is 18.2 Å². The van der Waals surface area contributed by atoms with Gasteiger partial charge in [0.15, 0.2) is 0 Å². The van der Waals surface area contributed by atoms with E-state index >= 15 is 0 Å². The molecule has 0 radical (unpaired) electrons. The van der Waals surface area contributed by atoms with Crippen molar-refractivity contribution >= 4 is 17.7 Å². The van der Waals surface area contributed by atoms with E-state index in [0.717, 1.165) is 19.3 Å². The molecule has 0 spiro atoms. The number of fused-ring (bicyclic) bond motifs is 1. The van der Waals surface area contributed by atoms with Crippen LogP contribution in [0.1, 0.15) is 40.4 Å². The number of carbonyl (C=O) groups excluding carboxylic acids is 2. The van der Waals surface area contributed by atoms with Crippen LogP contribution in [0.3, 0.4) is 0 Å². The molecular formula is C19H20N2O3. The van der Waals surface area contributed by atoms with Gasteiger partial charge in [-0.15, -0.1) is 0 Å². The summed E-state index contributed by atoms with van der Waals surface area (Å²) >= 11 is 0. The largest absolute Gasteiger partial charge is 0.465 e. The predicted molar refractivity (Wildman–Crippen MR) is 92.1 cm³/mol. The van der Waals surface area contributed by atoms with Gasteiger partial charge in [-0.1, -0.05) is 36.4 Å². The molecule has 1 aliphatic carbocycles.